The number of piperazine rings is 1. The molecule has 3 rings (SSSR count). The summed E-state index contributed by atoms with van der Waals surface area (Å²) in [4.78, 5) is 17.3. The molecule has 0 N–H and O–H groups in total. The second kappa shape index (κ2) is 5.53. The van der Waals surface area contributed by atoms with Crippen molar-refractivity contribution in [3.05, 3.63) is 33.1 Å². The lowest BCUT2D eigenvalue weighted by Gasteiger charge is -2.32. The van der Waals surface area contributed by atoms with Crippen LogP contribution >= 0.6 is 34.5 Å². The van der Waals surface area contributed by atoms with Gasteiger partial charge in [0.2, 0.25) is 0 Å². The molecule has 20 heavy (non-hydrogen) atoms. The van der Waals surface area contributed by atoms with Crippen molar-refractivity contribution in [1.29, 1.82) is 0 Å². The quantitative estimate of drug-likeness (QED) is 0.798. The zero-order valence-electron chi connectivity index (χ0n) is 11.0. The smallest absolute Gasteiger partial charge is 0.265 e. The first-order valence-electron chi connectivity index (χ1n) is 6.41. The van der Waals surface area contributed by atoms with E-state index in [0.717, 1.165) is 36.3 Å². The fourth-order valence-corrected chi connectivity index (χ4v) is 4.09. The fraction of sp³-hybridized carbons (Fsp3) is 0.357. The van der Waals surface area contributed by atoms with Gasteiger partial charge in [0.05, 0.1) is 5.02 Å². The van der Waals surface area contributed by atoms with E-state index >= 15 is 0 Å². The molecule has 2 heterocycles. The van der Waals surface area contributed by atoms with E-state index < -0.39 is 0 Å². The van der Waals surface area contributed by atoms with Crippen LogP contribution < -0.4 is 0 Å². The van der Waals surface area contributed by atoms with E-state index in [4.69, 9.17) is 23.2 Å². The number of hydrogen-bond donors (Lipinski definition) is 0. The van der Waals surface area contributed by atoms with E-state index in [1.54, 1.807) is 6.07 Å². The molecule has 0 radical (unpaired) electrons. The van der Waals surface area contributed by atoms with Crippen LogP contribution in [0.2, 0.25) is 10.0 Å². The Morgan fingerprint density at radius 3 is 2.60 bits per heavy atom. The SMILES string of the molecule is CN1CCN(C(=O)c2sc3cc(Cl)ccc3c2Cl)CC1. The third kappa shape index (κ3) is 2.53. The molecule has 2 aromatic rings. The molecule has 0 spiro atoms. The second-order valence-corrected chi connectivity index (χ2v) is 6.85. The van der Waals surface area contributed by atoms with Gasteiger partial charge in [0.1, 0.15) is 4.88 Å². The number of nitrogens with zero attached hydrogens (tertiary/aromatic N) is 2. The highest BCUT2D eigenvalue weighted by molar-refractivity contribution is 7.21. The van der Waals surface area contributed by atoms with Gasteiger partial charge in [0.15, 0.2) is 0 Å². The lowest BCUT2D eigenvalue weighted by molar-refractivity contribution is 0.0669. The van der Waals surface area contributed by atoms with E-state index in [-0.39, 0.29) is 5.91 Å². The Morgan fingerprint density at radius 1 is 1.20 bits per heavy atom. The molecule has 0 bridgehead atoms. The van der Waals surface area contributed by atoms with Crippen molar-refractivity contribution in [2.45, 2.75) is 0 Å². The number of benzene rings is 1. The van der Waals surface area contributed by atoms with Gasteiger partial charge in [-0.3, -0.25) is 4.79 Å². The topological polar surface area (TPSA) is 23.6 Å². The van der Waals surface area contributed by atoms with Crippen molar-refractivity contribution < 1.29 is 4.79 Å². The Morgan fingerprint density at radius 2 is 1.90 bits per heavy atom. The molecular formula is C14H14Cl2N2OS. The number of hydrogen-bond acceptors (Lipinski definition) is 3. The Kier molecular flexibility index (Phi) is 3.91. The molecule has 106 valence electrons. The minimum atomic E-state index is 0.0282. The summed E-state index contributed by atoms with van der Waals surface area (Å²) >= 11 is 13.8. The number of halogens is 2. The lowest BCUT2D eigenvalue weighted by atomic mass is 10.2. The monoisotopic (exact) mass is 328 g/mol. The minimum absolute atomic E-state index is 0.0282. The summed E-state index contributed by atoms with van der Waals surface area (Å²) in [6.07, 6.45) is 0. The molecule has 1 aliphatic heterocycles. The summed E-state index contributed by atoms with van der Waals surface area (Å²) in [6.45, 7) is 3.31. The average molecular weight is 329 g/mol. The summed E-state index contributed by atoms with van der Waals surface area (Å²) in [6, 6.07) is 5.53. The number of carbonyl (C=O) groups excluding carboxylic acids is 1. The molecule has 1 aromatic heterocycles. The molecule has 1 amide bonds. The molecule has 0 saturated carbocycles. The van der Waals surface area contributed by atoms with E-state index in [0.29, 0.717) is 14.9 Å². The lowest BCUT2D eigenvalue weighted by Crippen LogP contribution is -2.47. The highest BCUT2D eigenvalue weighted by atomic mass is 35.5. The molecular weight excluding hydrogens is 315 g/mol. The Balaban J connectivity index is 1.93. The van der Waals surface area contributed by atoms with Crippen LogP contribution in [-0.2, 0) is 0 Å². The summed E-state index contributed by atoms with van der Waals surface area (Å²) < 4.78 is 0.958. The van der Waals surface area contributed by atoms with Gasteiger partial charge in [-0.1, -0.05) is 29.3 Å². The highest BCUT2D eigenvalue weighted by Crippen LogP contribution is 2.37. The number of thiophene rings is 1. The number of likely N-dealkylation sites (N-methyl/N-ethyl adjacent to an activating group) is 1. The normalized spacial score (nSPS) is 16.9. The van der Waals surface area contributed by atoms with Gasteiger partial charge < -0.3 is 9.80 Å². The van der Waals surface area contributed by atoms with Crippen LogP contribution in [0.3, 0.4) is 0 Å². The van der Waals surface area contributed by atoms with Crippen LogP contribution in [-0.4, -0.2) is 48.9 Å². The number of amides is 1. The molecule has 6 heteroatoms. The van der Waals surface area contributed by atoms with Gasteiger partial charge in [-0.25, -0.2) is 0 Å². The van der Waals surface area contributed by atoms with Crippen LogP contribution in [0.1, 0.15) is 9.67 Å². The Hall–Kier alpha value is -0.810. The molecule has 1 aromatic carbocycles. The molecule has 1 fully saturated rings. The van der Waals surface area contributed by atoms with Crippen LogP contribution in [0.15, 0.2) is 18.2 Å². The maximum absolute atomic E-state index is 12.6. The summed E-state index contributed by atoms with van der Waals surface area (Å²) in [5, 5.41) is 2.11. The predicted octanol–water partition coefficient (Wildman–Crippen LogP) is 3.60. The van der Waals surface area contributed by atoms with Crippen molar-refractivity contribution in [2.24, 2.45) is 0 Å². The number of carbonyl (C=O) groups is 1. The van der Waals surface area contributed by atoms with Crippen molar-refractivity contribution in [2.75, 3.05) is 33.2 Å². The molecule has 0 atom stereocenters. The maximum atomic E-state index is 12.6. The van der Waals surface area contributed by atoms with Gasteiger partial charge in [0, 0.05) is 41.3 Å². The van der Waals surface area contributed by atoms with Crippen LogP contribution in [0, 0.1) is 0 Å². The van der Waals surface area contributed by atoms with Gasteiger partial charge >= 0.3 is 0 Å². The minimum Gasteiger partial charge on any atom is -0.335 e. The molecule has 3 nitrogen and oxygen atoms in total. The maximum Gasteiger partial charge on any atom is 0.265 e. The molecule has 0 unspecified atom stereocenters. The average Bonchev–Trinajstić information content (AvgIpc) is 2.75. The Bertz CT molecular complexity index is 662. The van der Waals surface area contributed by atoms with Crippen molar-refractivity contribution in [3.8, 4) is 0 Å². The van der Waals surface area contributed by atoms with Crippen LogP contribution in [0.5, 0.6) is 0 Å². The van der Waals surface area contributed by atoms with Crippen molar-refractivity contribution >= 4 is 50.5 Å². The van der Waals surface area contributed by atoms with E-state index in [2.05, 4.69) is 11.9 Å². The summed E-state index contributed by atoms with van der Waals surface area (Å²) in [5.74, 6) is 0.0282. The van der Waals surface area contributed by atoms with Gasteiger partial charge in [-0.2, -0.15) is 0 Å². The van der Waals surface area contributed by atoms with E-state index in [1.807, 2.05) is 17.0 Å². The third-order valence-corrected chi connectivity index (χ3v) is 5.46. The summed E-state index contributed by atoms with van der Waals surface area (Å²) in [7, 11) is 2.07. The van der Waals surface area contributed by atoms with E-state index in [1.165, 1.54) is 11.3 Å². The number of rotatable bonds is 1. The largest absolute Gasteiger partial charge is 0.335 e. The first kappa shape index (κ1) is 14.1. The van der Waals surface area contributed by atoms with Gasteiger partial charge in [-0.15, -0.1) is 11.3 Å². The molecule has 1 aliphatic rings. The second-order valence-electron chi connectivity index (χ2n) is 4.98. The van der Waals surface area contributed by atoms with Crippen LogP contribution in [0.4, 0.5) is 0 Å². The number of fused-ring (bicyclic) bond motifs is 1. The zero-order valence-corrected chi connectivity index (χ0v) is 13.4. The Labute approximate surface area is 131 Å². The molecule has 0 aliphatic carbocycles. The van der Waals surface area contributed by atoms with Crippen LogP contribution in [0.25, 0.3) is 10.1 Å². The molecule has 1 saturated heterocycles. The zero-order chi connectivity index (χ0) is 14.3. The fourth-order valence-electron chi connectivity index (χ4n) is 2.33. The van der Waals surface area contributed by atoms with Gasteiger partial charge in [0.25, 0.3) is 5.91 Å². The summed E-state index contributed by atoms with van der Waals surface area (Å²) in [5.41, 5.74) is 0. The van der Waals surface area contributed by atoms with E-state index in [9.17, 15) is 4.79 Å². The standard InChI is InChI=1S/C14H14Cl2N2OS/c1-17-4-6-18(7-5-17)14(19)13-12(16)10-3-2-9(15)8-11(10)20-13/h2-3,8H,4-7H2,1H3. The first-order valence-corrected chi connectivity index (χ1v) is 7.99. The third-order valence-electron chi connectivity index (χ3n) is 3.58. The first-order chi connectivity index (χ1) is 9.56. The van der Waals surface area contributed by atoms with Gasteiger partial charge in [-0.05, 0) is 19.2 Å². The highest BCUT2D eigenvalue weighted by Gasteiger charge is 2.25. The van der Waals surface area contributed by atoms with Crippen molar-refractivity contribution in [3.63, 3.8) is 0 Å². The predicted molar refractivity (Wildman–Crippen MR) is 85.2 cm³/mol. The van der Waals surface area contributed by atoms with Crippen molar-refractivity contribution in [1.82, 2.24) is 9.80 Å².